The molecular formula is C16H32N2. The second-order valence-corrected chi connectivity index (χ2v) is 7.19. The van der Waals surface area contributed by atoms with Crippen molar-refractivity contribution in [1.29, 1.82) is 0 Å². The minimum atomic E-state index is 0.775. The highest BCUT2D eigenvalue weighted by atomic mass is 15.2. The molecule has 1 N–H and O–H groups in total. The Balaban J connectivity index is 1.78. The zero-order valence-electron chi connectivity index (χ0n) is 12.8. The largest absolute Gasteiger partial charge is 0.316 e. The van der Waals surface area contributed by atoms with Crippen molar-refractivity contribution in [2.45, 2.75) is 65.5 Å². The standard InChI is InChI=1S/C16H32N2/c1-12(2)9-17-10-15-7-8-16(15)18-11-13(3)5-6-14(18)4/h12-17H,5-11H2,1-4H3. The van der Waals surface area contributed by atoms with Gasteiger partial charge in [-0.2, -0.15) is 0 Å². The molecule has 0 amide bonds. The summed E-state index contributed by atoms with van der Waals surface area (Å²) in [5.41, 5.74) is 0. The molecule has 0 aromatic carbocycles. The van der Waals surface area contributed by atoms with E-state index in [1.54, 1.807) is 0 Å². The normalized spacial score (nSPS) is 37.8. The number of nitrogens with zero attached hydrogens (tertiary/aromatic N) is 1. The molecule has 2 rings (SSSR count). The first-order valence-electron chi connectivity index (χ1n) is 8.04. The zero-order valence-corrected chi connectivity index (χ0v) is 12.8. The summed E-state index contributed by atoms with van der Waals surface area (Å²) >= 11 is 0. The zero-order chi connectivity index (χ0) is 13.1. The van der Waals surface area contributed by atoms with Gasteiger partial charge in [0.05, 0.1) is 0 Å². The van der Waals surface area contributed by atoms with Crippen LogP contribution in [0.25, 0.3) is 0 Å². The van der Waals surface area contributed by atoms with Crippen LogP contribution in [0.2, 0.25) is 0 Å². The number of hydrogen-bond acceptors (Lipinski definition) is 2. The average Bonchev–Trinajstić information content (AvgIpc) is 2.27. The Kier molecular flexibility index (Phi) is 5.08. The Bertz CT molecular complexity index is 251. The van der Waals surface area contributed by atoms with E-state index in [0.717, 1.165) is 29.8 Å². The predicted molar refractivity (Wildman–Crippen MR) is 78.8 cm³/mol. The minimum Gasteiger partial charge on any atom is -0.316 e. The lowest BCUT2D eigenvalue weighted by molar-refractivity contribution is -0.00182. The lowest BCUT2D eigenvalue weighted by Crippen LogP contribution is -2.56. The molecule has 4 atom stereocenters. The molecule has 18 heavy (non-hydrogen) atoms. The summed E-state index contributed by atoms with van der Waals surface area (Å²) in [4.78, 5) is 2.82. The fourth-order valence-corrected chi connectivity index (χ4v) is 3.57. The fourth-order valence-electron chi connectivity index (χ4n) is 3.57. The van der Waals surface area contributed by atoms with Gasteiger partial charge >= 0.3 is 0 Å². The van der Waals surface area contributed by atoms with Crippen LogP contribution < -0.4 is 5.32 Å². The number of rotatable bonds is 5. The molecule has 2 aliphatic rings. The highest BCUT2D eigenvalue weighted by Gasteiger charge is 2.38. The van der Waals surface area contributed by atoms with Crippen LogP contribution >= 0.6 is 0 Å². The van der Waals surface area contributed by atoms with Crippen LogP contribution in [0, 0.1) is 17.8 Å². The van der Waals surface area contributed by atoms with Gasteiger partial charge in [0.25, 0.3) is 0 Å². The minimum absolute atomic E-state index is 0.775. The molecule has 1 saturated heterocycles. The number of nitrogens with one attached hydrogen (secondary N) is 1. The highest BCUT2D eigenvalue weighted by molar-refractivity contribution is 4.94. The first-order chi connectivity index (χ1) is 8.58. The van der Waals surface area contributed by atoms with Crippen molar-refractivity contribution in [1.82, 2.24) is 10.2 Å². The Morgan fingerprint density at radius 2 is 1.89 bits per heavy atom. The van der Waals surface area contributed by atoms with E-state index in [9.17, 15) is 0 Å². The van der Waals surface area contributed by atoms with E-state index in [1.807, 2.05) is 0 Å². The van der Waals surface area contributed by atoms with Gasteiger partial charge in [0.15, 0.2) is 0 Å². The van der Waals surface area contributed by atoms with Crippen molar-refractivity contribution in [3.63, 3.8) is 0 Å². The number of hydrogen-bond donors (Lipinski definition) is 1. The van der Waals surface area contributed by atoms with Crippen LogP contribution in [0.3, 0.4) is 0 Å². The van der Waals surface area contributed by atoms with E-state index in [2.05, 4.69) is 37.9 Å². The average molecular weight is 252 g/mol. The molecule has 0 spiro atoms. The summed E-state index contributed by atoms with van der Waals surface area (Å²) in [5, 5.41) is 3.66. The molecule has 1 heterocycles. The lowest BCUT2D eigenvalue weighted by atomic mass is 9.76. The molecule has 0 bridgehead atoms. The quantitative estimate of drug-likeness (QED) is 0.809. The highest BCUT2D eigenvalue weighted by Crippen LogP contribution is 2.36. The fraction of sp³-hybridized carbons (Fsp3) is 1.00. The van der Waals surface area contributed by atoms with Crippen LogP contribution in [0.4, 0.5) is 0 Å². The van der Waals surface area contributed by atoms with E-state index in [0.29, 0.717) is 0 Å². The van der Waals surface area contributed by atoms with Crippen molar-refractivity contribution in [2.24, 2.45) is 17.8 Å². The van der Waals surface area contributed by atoms with Gasteiger partial charge in [-0.3, -0.25) is 4.90 Å². The van der Waals surface area contributed by atoms with Gasteiger partial charge in [-0.05, 0) is 63.5 Å². The molecule has 0 aromatic rings. The SMILES string of the molecule is CC(C)CNCC1CCC1N1CC(C)CCC1C. The smallest absolute Gasteiger partial charge is 0.0139 e. The van der Waals surface area contributed by atoms with Crippen molar-refractivity contribution in [3.8, 4) is 0 Å². The van der Waals surface area contributed by atoms with Crippen LogP contribution in [-0.2, 0) is 0 Å². The molecule has 0 aromatic heterocycles. The van der Waals surface area contributed by atoms with Crippen LogP contribution in [0.5, 0.6) is 0 Å². The Hall–Kier alpha value is -0.0800. The molecule has 1 aliphatic carbocycles. The molecule has 0 radical (unpaired) electrons. The molecular weight excluding hydrogens is 220 g/mol. The van der Waals surface area contributed by atoms with E-state index in [1.165, 1.54) is 45.3 Å². The summed E-state index contributed by atoms with van der Waals surface area (Å²) in [6.07, 6.45) is 5.71. The summed E-state index contributed by atoms with van der Waals surface area (Å²) in [7, 11) is 0. The summed E-state index contributed by atoms with van der Waals surface area (Å²) < 4.78 is 0. The number of likely N-dealkylation sites (tertiary alicyclic amines) is 1. The van der Waals surface area contributed by atoms with Crippen molar-refractivity contribution >= 4 is 0 Å². The summed E-state index contributed by atoms with van der Waals surface area (Å²) in [6, 6.07) is 1.70. The monoisotopic (exact) mass is 252 g/mol. The van der Waals surface area contributed by atoms with E-state index < -0.39 is 0 Å². The van der Waals surface area contributed by atoms with E-state index in [-0.39, 0.29) is 0 Å². The number of piperidine rings is 1. The Morgan fingerprint density at radius 1 is 1.11 bits per heavy atom. The second kappa shape index (κ2) is 6.38. The molecule has 2 heteroatoms. The maximum absolute atomic E-state index is 3.66. The Morgan fingerprint density at radius 3 is 2.50 bits per heavy atom. The first kappa shape index (κ1) is 14.3. The van der Waals surface area contributed by atoms with Crippen LogP contribution in [-0.4, -0.2) is 36.6 Å². The van der Waals surface area contributed by atoms with Gasteiger partial charge in [-0.1, -0.05) is 20.8 Å². The molecule has 2 nitrogen and oxygen atoms in total. The first-order valence-corrected chi connectivity index (χ1v) is 8.04. The predicted octanol–water partition coefficient (Wildman–Crippen LogP) is 3.13. The third-order valence-electron chi connectivity index (χ3n) is 4.93. The van der Waals surface area contributed by atoms with Gasteiger partial charge in [0.2, 0.25) is 0 Å². The summed E-state index contributed by atoms with van der Waals surface area (Å²) in [6.45, 7) is 13.2. The van der Waals surface area contributed by atoms with Gasteiger partial charge in [-0.25, -0.2) is 0 Å². The van der Waals surface area contributed by atoms with Gasteiger partial charge in [0, 0.05) is 18.6 Å². The molecule has 2 fully saturated rings. The van der Waals surface area contributed by atoms with Crippen molar-refractivity contribution in [3.05, 3.63) is 0 Å². The third kappa shape index (κ3) is 3.48. The van der Waals surface area contributed by atoms with Gasteiger partial charge in [-0.15, -0.1) is 0 Å². The van der Waals surface area contributed by atoms with Crippen LogP contribution in [0.15, 0.2) is 0 Å². The Labute approximate surface area is 114 Å². The maximum Gasteiger partial charge on any atom is 0.0139 e. The van der Waals surface area contributed by atoms with Gasteiger partial charge in [0.1, 0.15) is 0 Å². The van der Waals surface area contributed by atoms with E-state index in [4.69, 9.17) is 0 Å². The van der Waals surface area contributed by atoms with Gasteiger partial charge < -0.3 is 5.32 Å². The molecule has 106 valence electrons. The van der Waals surface area contributed by atoms with E-state index >= 15 is 0 Å². The maximum atomic E-state index is 3.66. The molecule has 1 aliphatic heterocycles. The lowest BCUT2D eigenvalue weighted by Gasteiger charge is -2.50. The third-order valence-corrected chi connectivity index (χ3v) is 4.93. The van der Waals surface area contributed by atoms with Crippen LogP contribution in [0.1, 0.15) is 53.4 Å². The topological polar surface area (TPSA) is 15.3 Å². The summed E-state index contributed by atoms with van der Waals surface area (Å²) in [5.74, 6) is 2.60. The van der Waals surface area contributed by atoms with Crippen molar-refractivity contribution in [2.75, 3.05) is 19.6 Å². The van der Waals surface area contributed by atoms with Crippen molar-refractivity contribution < 1.29 is 0 Å². The molecule has 1 saturated carbocycles. The second-order valence-electron chi connectivity index (χ2n) is 7.19. The molecule has 4 unspecified atom stereocenters.